The lowest BCUT2D eigenvalue weighted by Crippen LogP contribution is -2.57. The van der Waals surface area contributed by atoms with E-state index in [4.69, 9.17) is 33.2 Å². The maximum atomic E-state index is 13.9. The molecule has 15 nitrogen and oxygen atoms in total. The SMILES string of the molecule is COC(=O)C1c2cc3c(c(O)c2C(OC2CC(N(C)C)C(OC4CCC(OC5CCC(O)C(C)O5)C(C)O4)C(C)O2)CC1(C)O)C(=O)c1c(O)cccc1C3=O. The molecule has 0 radical (unpaired) electrons. The van der Waals surface area contributed by atoms with E-state index in [1.165, 1.54) is 38.3 Å². The minimum Gasteiger partial charge on any atom is -0.507 e. The highest BCUT2D eigenvalue weighted by molar-refractivity contribution is 6.30. The van der Waals surface area contributed by atoms with E-state index in [0.29, 0.717) is 32.1 Å². The van der Waals surface area contributed by atoms with Crippen molar-refractivity contribution in [2.24, 2.45) is 0 Å². The fraction of sp³-hybridized carbons (Fsp3) is 0.634. The molecule has 0 saturated carbocycles. The molecule has 13 unspecified atom stereocenters. The molecule has 0 spiro atoms. The van der Waals surface area contributed by atoms with Gasteiger partial charge in [0.2, 0.25) is 5.78 Å². The van der Waals surface area contributed by atoms with E-state index in [1.807, 2.05) is 39.8 Å². The van der Waals surface area contributed by atoms with Crippen LogP contribution in [0.4, 0.5) is 0 Å². The monoisotopic (exact) mass is 783 g/mol. The number of rotatable bonds is 8. The van der Waals surface area contributed by atoms with Crippen LogP contribution in [0, 0.1) is 0 Å². The predicted octanol–water partition coefficient (Wildman–Crippen LogP) is 3.59. The molecular formula is C41H53NO14. The van der Waals surface area contributed by atoms with Crippen molar-refractivity contribution in [3.8, 4) is 11.5 Å². The van der Waals surface area contributed by atoms with Crippen molar-refractivity contribution in [3.63, 3.8) is 0 Å². The van der Waals surface area contributed by atoms with Gasteiger partial charge in [0.05, 0.1) is 60.5 Å². The van der Waals surface area contributed by atoms with Gasteiger partial charge in [-0.1, -0.05) is 12.1 Å². The molecule has 3 saturated heterocycles. The predicted molar refractivity (Wildman–Crippen MR) is 196 cm³/mol. The second-order valence-corrected chi connectivity index (χ2v) is 16.2. The lowest BCUT2D eigenvalue weighted by Gasteiger charge is -2.47. The van der Waals surface area contributed by atoms with Crippen LogP contribution in [0.2, 0.25) is 0 Å². The highest BCUT2D eigenvalue weighted by atomic mass is 16.7. The van der Waals surface area contributed by atoms with Crippen molar-refractivity contribution in [2.75, 3.05) is 21.2 Å². The Labute approximate surface area is 325 Å². The van der Waals surface area contributed by atoms with Gasteiger partial charge in [-0.2, -0.15) is 0 Å². The van der Waals surface area contributed by atoms with Crippen LogP contribution in [0.5, 0.6) is 11.5 Å². The second-order valence-electron chi connectivity index (χ2n) is 16.2. The zero-order valence-corrected chi connectivity index (χ0v) is 32.8. The Hall–Kier alpha value is -3.51. The van der Waals surface area contributed by atoms with Crippen LogP contribution in [0.25, 0.3) is 0 Å². The lowest BCUT2D eigenvalue weighted by molar-refractivity contribution is -0.314. The number of methoxy groups -OCH3 is 1. The Kier molecular flexibility index (Phi) is 11.4. The van der Waals surface area contributed by atoms with Crippen LogP contribution in [-0.2, 0) is 38.0 Å². The first-order valence-electron chi connectivity index (χ1n) is 19.4. The molecule has 306 valence electrons. The molecule has 3 aliphatic heterocycles. The number of ether oxygens (including phenoxy) is 7. The van der Waals surface area contributed by atoms with E-state index in [1.54, 1.807) is 0 Å². The Morgan fingerprint density at radius 3 is 2.21 bits per heavy atom. The summed E-state index contributed by atoms with van der Waals surface area (Å²) in [5.74, 6) is -4.52. The highest BCUT2D eigenvalue weighted by Crippen LogP contribution is 2.53. The van der Waals surface area contributed by atoms with Crippen LogP contribution < -0.4 is 0 Å². The highest BCUT2D eigenvalue weighted by Gasteiger charge is 2.52. The number of likely N-dealkylation sites (N-methyl/N-ethyl adjacent to an activating group) is 1. The van der Waals surface area contributed by atoms with Gasteiger partial charge in [0, 0.05) is 48.4 Å². The first-order valence-corrected chi connectivity index (χ1v) is 19.4. The first-order chi connectivity index (χ1) is 26.5. The Balaban J connectivity index is 1.11. The number of carbonyl (C=O) groups is 3. The molecular weight excluding hydrogens is 730 g/mol. The zero-order chi connectivity index (χ0) is 40.4. The third kappa shape index (κ3) is 7.38. The topological polar surface area (TPSA) is 200 Å². The molecule has 2 aromatic carbocycles. The summed E-state index contributed by atoms with van der Waals surface area (Å²) < 4.78 is 43.1. The van der Waals surface area contributed by atoms with Crippen LogP contribution >= 0.6 is 0 Å². The van der Waals surface area contributed by atoms with Crippen molar-refractivity contribution >= 4 is 17.5 Å². The molecule has 0 amide bonds. The van der Waals surface area contributed by atoms with Crippen LogP contribution in [0.1, 0.15) is 121 Å². The fourth-order valence-corrected chi connectivity index (χ4v) is 9.09. The number of aliphatic hydroxyl groups excluding tert-OH is 1. The smallest absolute Gasteiger partial charge is 0.316 e. The van der Waals surface area contributed by atoms with Gasteiger partial charge in [-0.15, -0.1) is 0 Å². The van der Waals surface area contributed by atoms with Gasteiger partial charge in [0.25, 0.3) is 0 Å². The van der Waals surface area contributed by atoms with Gasteiger partial charge in [-0.3, -0.25) is 14.4 Å². The first kappa shape index (κ1) is 40.7. The van der Waals surface area contributed by atoms with E-state index in [-0.39, 0.29) is 64.2 Å². The minimum absolute atomic E-state index is 0.0468. The van der Waals surface area contributed by atoms with E-state index in [9.17, 15) is 34.8 Å². The number of esters is 1. The van der Waals surface area contributed by atoms with Crippen LogP contribution in [0.3, 0.4) is 0 Å². The van der Waals surface area contributed by atoms with Gasteiger partial charge in [0.15, 0.2) is 24.7 Å². The van der Waals surface area contributed by atoms with E-state index in [2.05, 4.69) is 0 Å². The molecule has 2 aromatic rings. The summed E-state index contributed by atoms with van der Waals surface area (Å²) in [5.41, 5.74) is -2.41. The fourth-order valence-electron chi connectivity index (χ4n) is 9.09. The summed E-state index contributed by atoms with van der Waals surface area (Å²) in [5, 5.41) is 44.3. The number of fused-ring (bicyclic) bond motifs is 3. The molecule has 0 aromatic heterocycles. The number of nitrogens with zero attached hydrogens (tertiary/aromatic N) is 1. The largest absolute Gasteiger partial charge is 0.507 e. The molecule has 13 atom stereocenters. The van der Waals surface area contributed by atoms with Crippen molar-refractivity contribution in [1.82, 2.24) is 4.90 Å². The summed E-state index contributed by atoms with van der Waals surface area (Å²) in [6, 6.07) is 5.23. The number of phenols is 2. The minimum atomic E-state index is -1.77. The third-order valence-corrected chi connectivity index (χ3v) is 12.1. The lowest BCUT2D eigenvalue weighted by atomic mass is 9.68. The Morgan fingerprint density at radius 1 is 0.857 bits per heavy atom. The number of phenolic OH excluding ortho intramolecular Hbond substituents is 2. The van der Waals surface area contributed by atoms with Gasteiger partial charge < -0.3 is 58.5 Å². The Morgan fingerprint density at radius 2 is 1.54 bits per heavy atom. The molecule has 0 bridgehead atoms. The van der Waals surface area contributed by atoms with Crippen molar-refractivity contribution in [1.29, 1.82) is 0 Å². The molecule has 15 heteroatoms. The van der Waals surface area contributed by atoms with Gasteiger partial charge >= 0.3 is 5.97 Å². The number of hydrogen-bond acceptors (Lipinski definition) is 15. The van der Waals surface area contributed by atoms with E-state index in [0.717, 1.165) is 0 Å². The van der Waals surface area contributed by atoms with Crippen LogP contribution in [-0.4, -0.2) is 131 Å². The average molecular weight is 784 g/mol. The van der Waals surface area contributed by atoms with Crippen molar-refractivity contribution in [3.05, 3.63) is 57.6 Å². The van der Waals surface area contributed by atoms with Crippen molar-refractivity contribution < 1.29 is 68.0 Å². The molecule has 7 rings (SSSR count). The molecule has 4 N–H and O–H groups in total. The Bertz CT molecular complexity index is 1850. The summed E-state index contributed by atoms with van der Waals surface area (Å²) in [6.45, 7) is 7.09. The standard InChI is InChI=1S/C41H53NO14/c1-18-25(43)11-13-29(51-18)54-27-12-14-30(52-19(27)2)56-39-20(3)53-31(16-24(39)42(5)6)55-28-17-41(4,49)35(40(48)50-7)22-15-23-34(38(47)33(22)28)37(46)32-21(36(23)45)9-8-10-26(32)44/h8-10,15,18-20,24-25,27-31,35,39,43-44,47,49H,11-14,16-17H2,1-7H3. The average Bonchev–Trinajstić information content (AvgIpc) is 3.13. The maximum absolute atomic E-state index is 13.9. The molecule has 56 heavy (non-hydrogen) atoms. The van der Waals surface area contributed by atoms with Crippen molar-refractivity contribution in [2.45, 2.75) is 145 Å². The number of ketones is 2. The molecule has 3 fully saturated rings. The summed E-state index contributed by atoms with van der Waals surface area (Å²) >= 11 is 0. The maximum Gasteiger partial charge on any atom is 0.316 e. The summed E-state index contributed by atoms with van der Waals surface area (Å²) in [7, 11) is 5.01. The van der Waals surface area contributed by atoms with Gasteiger partial charge in [0.1, 0.15) is 23.5 Å². The van der Waals surface area contributed by atoms with Gasteiger partial charge in [-0.25, -0.2) is 0 Å². The van der Waals surface area contributed by atoms with Crippen LogP contribution in [0.15, 0.2) is 24.3 Å². The number of aliphatic hydroxyl groups is 2. The summed E-state index contributed by atoms with van der Waals surface area (Å²) in [6.07, 6.45) is -2.58. The number of hydrogen-bond donors (Lipinski definition) is 4. The zero-order valence-electron chi connectivity index (χ0n) is 32.8. The molecule has 2 aliphatic carbocycles. The number of benzene rings is 2. The quantitative estimate of drug-likeness (QED) is 0.242. The third-order valence-electron chi connectivity index (χ3n) is 12.1. The number of aromatic hydroxyl groups is 2. The normalized spacial score (nSPS) is 37.1. The van der Waals surface area contributed by atoms with E-state index >= 15 is 0 Å². The molecule has 3 heterocycles. The number of carbonyl (C=O) groups excluding carboxylic acids is 3. The second kappa shape index (κ2) is 15.7. The van der Waals surface area contributed by atoms with Gasteiger partial charge in [-0.05, 0) is 72.3 Å². The van der Waals surface area contributed by atoms with E-state index < -0.39 is 83.8 Å². The summed E-state index contributed by atoms with van der Waals surface area (Å²) in [4.78, 5) is 42.9. The molecule has 5 aliphatic rings.